The third kappa shape index (κ3) is 3.47. The first-order valence-corrected chi connectivity index (χ1v) is 10.0. The molecule has 0 fully saturated rings. The summed E-state index contributed by atoms with van der Waals surface area (Å²) in [6.45, 7) is 0. The van der Waals surface area contributed by atoms with Crippen molar-refractivity contribution in [3.8, 4) is 0 Å². The van der Waals surface area contributed by atoms with E-state index in [4.69, 9.17) is 23.2 Å². The number of carbonyl (C=O) groups is 2. The summed E-state index contributed by atoms with van der Waals surface area (Å²) in [6.07, 6.45) is 5.16. The van der Waals surface area contributed by atoms with E-state index in [1.54, 1.807) is 13.1 Å². The largest absolute Gasteiger partial charge is 0.355 e. The number of halogens is 2. The fourth-order valence-corrected chi connectivity index (χ4v) is 5.60. The number of hydrogen-bond acceptors (Lipinski definition) is 4. The van der Waals surface area contributed by atoms with Crippen molar-refractivity contribution >= 4 is 62.7 Å². The van der Waals surface area contributed by atoms with Crippen LogP contribution in [0, 0.1) is 0 Å². The maximum atomic E-state index is 12.5. The van der Waals surface area contributed by atoms with E-state index in [9.17, 15) is 9.59 Å². The number of fused-ring (bicyclic) bond motifs is 1. The molecule has 0 saturated heterocycles. The molecule has 24 heavy (non-hydrogen) atoms. The van der Waals surface area contributed by atoms with Gasteiger partial charge in [0, 0.05) is 11.9 Å². The average molecular weight is 403 g/mol. The van der Waals surface area contributed by atoms with Gasteiger partial charge in [0.1, 0.15) is 9.34 Å². The summed E-state index contributed by atoms with van der Waals surface area (Å²) in [5.74, 6) is -0.510. The number of aryl methyl sites for hydroxylation is 1. The Labute approximate surface area is 158 Å². The highest BCUT2D eigenvalue weighted by Gasteiger charge is 2.26. The Bertz CT molecular complexity index is 798. The molecule has 0 unspecified atom stereocenters. The quantitative estimate of drug-likeness (QED) is 0.709. The van der Waals surface area contributed by atoms with Crippen LogP contribution in [0.2, 0.25) is 8.67 Å². The smallest absolute Gasteiger partial charge is 0.258 e. The van der Waals surface area contributed by atoms with Crippen molar-refractivity contribution in [2.75, 3.05) is 12.4 Å². The molecule has 128 valence electrons. The van der Waals surface area contributed by atoms with Crippen LogP contribution in [0.3, 0.4) is 0 Å². The number of thiophene rings is 2. The summed E-state index contributed by atoms with van der Waals surface area (Å²) >= 11 is 14.6. The number of carbonyl (C=O) groups excluding carboxylic acids is 2. The van der Waals surface area contributed by atoms with Gasteiger partial charge in [0.05, 0.1) is 15.5 Å². The van der Waals surface area contributed by atoms with Crippen LogP contribution in [-0.4, -0.2) is 18.9 Å². The molecule has 2 aromatic rings. The van der Waals surface area contributed by atoms with Crippen molar-refractivity contribution < 1.29 is 9.59 Å². The fraction of sp³-hybridized carbons (Fsp3) is 0.375. The molecule has 0 bridgehead atoms. The summed E-state index contributed by atoms with van der Waals surface area (Å²) in [5.41, 5.74) is 1.99. The Balaban J connectivity index is 1.96. The average Bonchev–Trinajstić information content (AvgIpc) is 2.96. The number of anilines is 1. The van der Waals surface area contributed by atoms with E-state index in [-0.39, 0.29) is 11.8 Å². The lowest BCUT2D eigenvalue weighted by molar-refractivity contribution is 0.0963. The van der Waals surface area contributed by atoms with Gasteiger partial charge in [0.2, 0.25) is 0 Å². The minimum absolute atomic E-state index is 0.167. The highest BCUT2D eigenvalue weighted by Crippen LogP contribution is 2.38. The number of rotatable bonds is 3. The van der Waals surface area contributed by atoms with Crippen molar-refractivity contribution in [1.82, 2.24) is 5.32 Å². The molecule has 0 atom stereocenters. The predicted molar refractivity (Wildman–Crippen MR) is 101 cm³/mol. The van der Waals surface area contributed by atoms with Crippen LogP contribution in [0.4, 0.5) is 5.00 Å². The Kier molecular flexibility index (Phi) is 5.49. The molecule has 1 aliphatic rings. The van der Waals surface area contributed by atoms with Crippen molar-refractivity contribution in [2.45, 2.75) is 32.1 Å². The molecule has 0 radical (unpaired) electrons. The monoisotopic (exact) mass is 402 g/mol. The third-order valence-corrected chi connectivity index (χ3v) is 6.70. The highest BCUT2D eigenvalue weighted by atomic mass is 35.5. The molecule has 8 heteroatoms. The molecule has 0 aliphatic heterocycles. The summed E-state index contributed by atoms with van der Waals surface area (Å²) in [5, 5.41) is 6.12. The van der Waals surface area contributed by atoms with Crippen LogP contribution in [0.5, 0.6) is 0 Å². The van der Waals surface area contributed by atoms with E-state index in [2.05, 4.69) is 10.6 Å². The Hall–Kier alpha value is -1.08. The highest BCUT2D eigenvalue weighted by molar-refractivity contribution is 7.20. The summed E-state index contributed by atoms with van der Waals surface area (Å²) in [6, 6.07) is 1.54. The molecule has 0 aromatic carbocycles. The zero-order valence-corrected chi connectivity index (χ0v) is 16.1. The molecule has 2 amide bonds. The van der Waals surface area contributed by atoms with Gasteiger partial charge in [0.25, 0.3) is 11.8 Å². The van der Waals surface area contributed by atoms with E-state index in [1.807, 2.05) is 0 Å². The van der Waals surface area contributed by atoms with E-state index in [0.29, 0.717) is 24.8 Å². The second-order valence-corrected chi connectivity index (χ2v) is 8.93. The molecule has 2 heterocycles. The zero-order valence-electron chi connectivity index (χ0n) is 13.0. The van der Waals surface area contributed by atoms with Crippen LogP contribution in [0.25, 0.3) is 0 Å². The Morgan fingerprint density at radius 3 is 2.50 bits per heavy atom. The van der Waals surface area contributed by atoms with Gasteiger partial charge in [-0.3, -0.25) is 9.59 Å². The first kappa shape index (κ1) is 17.7. The number of nitrogens with one attached hydrogen (secondary N) is 2. The molecule has 2 aromatic heterocycles. The SMILES string of the molecule is CNC(=O)c1c(NC(=O)c2cc(Cl)sc2Cl)sc2c1CCCCC2. The lowest BCUT2D eigenvalue weighted by Gasteiger charge is -2.07. The fourth-order valence-electron chi connectivity index (χ4n) is 2.86. The van der Waals surface area contributed by atoms with Crippen molar-refractivity contribution in [2.24, 2.45) is 0 Å². The molecule has 1 aliphatic carbocycles. The van der Waals surface area contributed by atoms with Crippen molar-refractivity contribution in [3.05, 3.63) is 36.3 Å². The summed E-state index contributed by atoms with van der Waals surface area (Å²) in [7, 11) is 1.60. The minimum atomic E-state index is -0.343. The van der Waals surface area contributed by atoms with Crippen LogP contribution < -0.4 is 10.6 Å². The third-order valence-electron chi connectivity index (χ3n) is 4.00. The minimum Gasteiger partial charge on any atom is -0.355 e. The van der Waals surface area contributed by atoms with E-state index >= 15 is 0 Å². The second kappa shape index (κ2) is 7.44. The first-order valence-electron chi connectivity index (χ1n) is 7.64. The molecule has 4 nitrogen and oxygen atoms in total. The number of hydrogen-bond donors (Lipinski definition) is 2. The van der Waals surface area contributed by atoms with Gasteiger partial charge in [-0.1, -0.05) is 29.6 Å². The van der Waals surface area contributed by atoms with Gasteiger partial charge >= 0.3 is 0 Å². The van der Waals surface area contributed by atoms with Crippen LogP contribution in [0.1, 0.15) is 50.4 Å². The van der Waals surface area contributed by atoms with Gasteiger partial charge in [-0.05, 0) is 37.3 Å². The van der Waals surface area contributed by atoms with Crippen LogP contribution in [-0.2, 0) is 12.8 Å². The van der Waals surface area contributed by atoms with Crippen molar-refractivity contribution in [1.29, 1.82) is 0 Å². The standard InChI is InChI=1S/C16H16Cl2N2O2S2/c1-19-15(22)12-8-5-3-2-4-6-10(8)23-16(12)20-14(21)9-7-11(17)24-13(9)18/h7H,2-6H2,1H3,(H,19,22)(H,20,21). The van der Waals surface area contributed by atoms with Gasteiger partial charge in [0.15, 0.2) is 0 Å². The maximum Gasteiger partial charge on any atom is 0.258 e. The van der Waals surface area contributed by atoms with Gasteiger partial charge in [-0.15, -0.1) is 22.7 Å². The van der Waals surface area contributed by atoms with Gasteiger partial charge < -0.3 is 10.6 Å². The number of amides is 2. The lowest BCUT2D eigenvalue weighted by Crippen LogP contribution is -2.21. The van der Waals surface area contributed by atoms with E-state index in [0.717, 1.165) is 42.6 Å². The normalized spacial score (nSPS) is 14.0. The molecule has 0 saturated carbocycles. The molecule has 2 N–H and O–H groups in total. The van der Waals surface area contributed by atoms with Gasteiger partial charge in [-0.25, -0.2) is 0 Å². The summed E-state index contributed by atoms with van der Waals surface area (Å²) in [4.78, 5) is 26.1. The summed E-state index contributed by atoms with van der Waals surface area (Å²) < 4.78 is 0.802. The van der Waals surface area contributed by atoms with Crippen LogP contribution in [0.15, 0.2) is 6.07 Å². The molecular formula is C16H16Cl2N2O2S2. The molecule has 3 rings (SSSR count). The van der Waals surface area contributed by atoms with E-state index in [1.165, 1.54) is 22.6 Å². The van der Waals surface area contributed by atoms with Crippen molar-refractivity contribution in [3.63, 3.8) is 0 Å². The van der Waals surface area contributed by atoms with E-state index < -0.39 is 0 Å². The Morgan fingerprint density at radius 1 is 1.08 bits per heavy atom. The zero-order chi connectivity index (χ0) is 17.3. The maximum absolute atomic E-state index is 12.5. The lowest BCUT2D eigenvalue weighted by atomic mass is 10.0. The Morgan fingerprint density at radius 2 is 1.83 bits per heavy atom. The topological polar surface area (TPSA) is 58.2 Å². The van der Waals surface area contributed by atoms with Crippen LogP contribution >= 0.6 is 45.9 Å². The van der Waals surface area contributed by atoms with Gasteiger partial charge in [-0.2, -0.15) is 0 Å². The first-order chi connectivity index (χ1) is 11.5. The predicted octanol–water partition coefficient (Wildman–Crippen LogP) is 5.00. The second-order valence-electron chi connectivity index (χ2n) is 5.54. The molecular weight excluding hydrogens is 387 g/mol. The molecule has 0 spiro atoms.